The zero-order valence-electron chi connectivity index (χ0n) is 10.6. The van der Waals surface area contributed by atoms with Crippen LogP contribution < -0.4 is 10.6 Å². The fraction of sp³-hybridized carbons (Fsp3) is 0.400. The first-order chi connectivity index (χ1) is 9.31. The molecule has 1 aliphatic carbocycles. The summed E-state index contributed by atoms with van der Waals surface area (Å²) in [6.45, 7) is 0.708. The molecule has 1 aliphatic heterocycles. The first kappa shape index (κ1) is 11.1. The zero-order chi connectivity index (χ0) is 12.8. The van der Waals surface area contributed by atoms with Crippen molar-refractivity contribution >= 4 is 16.9 Å². The van der Waals surface area contributed by atoms with Gasteiger partial charge in [0.05, 0.1) is 11.8 Å². The minimum Gasteiger partial charge on any atom is -0.464 e. The van der Waals surface area contributed by atoms with Crippen molar-refractivity contribution in [1.29, 1.82) is 0 Å². The largest absolute Gasteiger partial charge is 0.464 e. The van der Waals surface area contributed by atoms with Crippen LogP contribution in [0.2, 0.25) is 0 Å². The molecule has 19 heavy (non-hydrogen) atoms. The van der Waals surface area contributed by atoms with Crippen molar-refractivity contribution in [3.63, 3.8) is 0 Å². The van der Waals surface area contributed by atoms with E-state index in [0.29, 0.717) is 18.2 Å². The maximum Gasteiger partial charge on any atom is 0.252 e. The number of amides is 1. The number of nitrogens with one attached hydrogen (secondary N) is 2. The molecule has 0 bridgehead atoms. The molecule has 2 heterocycles. The van der Waals surface area contributed by atoms with Gasteiger partial charge in [-0.2, -0.15) is 0 Å². The zero-order valence-corrected chi connectivity index (χ0v) is 10.6. The average Bonchev–Trinajstić information content (AvgIpc) is 2.87. The van der Waals surface area contributed by atoms with Crippen molar-refractivity contribution in [2.75, 3.05) is 6.54 Å². The quantitative estimate of drug-likeness (QED) is 0.882. The van der Waals surface area contributed by atoms with Gasteiger partial charge in [-0.3, -0.25) is 4.79 Å². The molecule has 98 valence electrons. The molecule has 4 nitrogen and oxygen atoms in total. The lowest BCUT2D eigenvalue weighted by Gasteiger charge is -2.14. The summed E-state index contributed by atoms with van der Waals surface area (Å²) < 4.78 is 5.31. The summed E-state index contributed by atoms with van der Waals surface area (Å²) in [6.07, 6.45) is 4.13. The third-order valence-corrected chi connectivity index (χ3v) is 4.21. The molecular formula is C15H16N2O2. The molecular weight excluding hydrogens is 240 g/mol. The molecule has 2 unspecified atom stereocenters. The number of carbonyl (C=O) groups is 1. The topological polar surface area (TPSA) is 54.3 Å². The molecule has 1 saturated heterocycles. The van der Waals surface area contributed by atoms with E-state index in [1.54, 1.807) is 6.26 Å². The third kappa shape index (κ3) is 1.92. The molecule has 0 spiro atoms. The smallest absolute Gasteiger partial charge is 0.252 e. The van der Waals surface area contributed by atoms with Crippen LogP contribution in [0.15, 0.2) is 34.9 Å². The lowest BCUT2D eigenvalue weighted by atomic mass is 10.1. The van der Waals surface area contributed by atoms with Gasteiger partial charge < -0.3 is 15.1 Å². The van der Waals surface area contributed by atoms with E-state index in [2.05, 4.69) is 10.6 Å². The summed E-state index contributed by atoms with van der Waals surface area (Å²) in [7, 11) is 0. The molecule has 1 aromatic heterocycles. The SMILES string of the molecule is O=C(NCC1CC2C[C@@H]2N1)c1cccc2occc12. The molecule has 2 fully saturated rings. The van der Waals surface area contributed by atoms with Crippen LogP contribution in [-0.4, -0.2) is 24.5 Å². The highest BCUT2D eigenvalue weighted by atomic mass is 16.3. The van der Waals surface area contributed by atoms with E-state index in [9.17, 15) is 4.79 Å². The summed E-state index contributed by atoms with van der Waals surface area (Å²) >= 11 is 0. The molecule has 2 N–H and O–H groups in total. The Bertz CT molecular complexity index is 624. The maximum atomic E-state index is 12.2. The molecule has 4 heteroatoms. The Hall–Kier alpha value is -1.81. The van der Waals surface area contributed by atoms with Gasteiger partial charge in [0.15, 0.2) is 0 Å². The number of hydrogen-bond donors (Lipinski definition) is 2. The van der Waals surface area contributed by atoms with Crippen molar-refractivity contribution in [2.24, 2.45) is 5.92 Å². The van der Waals surface area contributed by atoms with Gasteiger partial charge in [-0.25, -0.2) is 0 Å². The average molecular weight is 256 g/mol. The minimum atomic E-state index is -0.0191. The van der Waals surface area contributed by atoms with Gasteiger partial charge >= 0.3 is 0 Å². The molecule has 1 saturated carbocycles. The van der Waals surface area contributed by atoms with E-state index >= 15 is 0 Å². The van der Waals surface area contributed by atoms with Gasteiger partial charge in [0, 0.05) is 24.0 Å². The Morgan fingerprint density at radius 3 is 3.16 bits per heavy atom. The summed E-state index contributed by atoms with van der Waals surface area (Å²) in [6, 6.07) is 8.57. The van der Waals surface area contributed by atoms with Crippen molar-refractivity contribution in [3.8, 4) is 0 Å². The Morgan fingerprint density at radius 1 is 1.37 bits per heavy atom. The highest BCUT2D eigenvalue weighted by Gasteiger charge is 2.45. The molecule has 2 aliphatic rings. The number of fused-ring (bicyclic) bond motifs is 2. The number of piperidine rings is 1. The van der Waals surface area contributed by atoms with Gasteiger partial charge in [0.2, 0.25) is 0 Å². The molecule has 1 amide bonds. The third-order valence-electron chi connectivity index (χ3n) is 4.21. The van der Waals surface area contributed by atoms with Gasteiger partial charge in [-0.05, 0) is 37.0 Å². The van der Waals surface area contributed by atoms with Crippen LogP contribution in [0.1, 0.15) is 23.2 Å². The Labute approximate surface area is 111 Å². The second-order valence-corrected chi connectivity index (χ2v) is 5.55. The van der Waals surface area contributed by atoms with Crippen LogP contribution in [-0.2, 0) is 0 Å². The summed E-state index contributed by atoms with van der Waals surface area (Å²) in [5, 5.41) is 7.43. The highest BCUT2D eigenvalue weighted by molar-refractivity contribution is 6.05. The first-order valence-electron chi connectivity index (χ1n) is 6.82. The van der Waals surface area contributed by atoms with Crippen molar-refractivity contribution in [3.05, 3.63) is 36.1 Å². The normalized spacial score (nSPS) is 28.3. The second kappa shape index (κ2) is 4.10. The number of benzene rings is 1. The Kier molecular flexibility index (Phi) is 2.38. The van der Waals surface area contributed by atoms with Crippen LogP contribution in [0.5, 0.6) is 0 Å². The lowest BCUT2D eigenvalue weighted by Crippen LogP contribution is -2.38. The van der Waals surface area contributed by atoms with Gasteiger partial charge in [-0.1, -0.05) is 6.07 Å². The number of hydrogen-bond acceptors (Lipinski definition) is 3. The van der Waals surface area contributed by atoms with E-state index in [0.717, 1.165) is 22.9 Å². The highest BCUT2D eigenvalue weighted by Crippen LogP contribution is 2.40. The van der Waals surface area contributed by atoms with E-state index in [4.69, 9.17) is 4.42 Å². The monoisotopic (exact) mass is 256 g/mol. The van der Waals surface area contributed by atoms with Gasteiger partial charge in [-0.15, -0.1) is 0 Å². The number of furan rings is 1. The Morgan fingerprint density at radius 2 is 2.32 bits per heavy atom. The van der Waals surface area contributed by atoms with Crippen LogP contribution in [0, 0.1) is 5.92 Å². The van der Waals surface area contributed by atoms with Crippen LogP contribution in [0.25, 0.3) is 11.0 Å². The fourth-order valence-electron chi connectivity index (χ4n) is 3.09. The van der Waals surface area contributed by atoms with Crippen LogP contribution in [0.4, 0.5) is 0 Å². The molecule has 1 aromatic carbocycles. The van der Waals surface area contributed by atoms with Crippen molar-refractivity contribution < 1.29 is 9.21 Å². The summed E-state index contributed by atoms with van der Waals surface area (Å²) in [4.78, 5) is 12.2. The molecule has 2 aromatic rings. The summed E-state index contributed by atoms with van der Waals surface area (Å²) in [5.74, 6) is 0.841. The van der Waals surface area contributed by atoms with E-state index < -0.39 is 0 Å². The maximum absolute atomic E-state index is 12.2. The fourth-order valence-corrected chi connectivity index (χ4v) is 3.09. The molecule has 4 rings (SSSR count). The van der Waals surface area contributed by atoms with E-state index in [1.807, 2.05) is 24.3 Å². The summed E-state index contributed by atoms with van der Waals surface area (Å²) in [5.41, 5.74) is 1.45. The minimum absolute atomic E-state index is 0.0191. The first-order valence-corrected chi connectivity index (χ1v) is 6.82. The molecule has 3 atom stereocenters. The van der Waals surface area contributed by atoms with Crippen LogP contribution >= 0.6 is 0 Å². The van der Waals surface area contributed by atoms with E-state index in [-0.39, 0.29) is 5.91 Å². The van der Waals surface area contributed by atoms with Crippen molar-refractivity contribution in [2.45, 2.75) is 24.9 Å². The number of carbonyl (C=O) groups excluding carboxylic acids is 1. The lowest BCUT2D eigenvalue weighted by molar-refractivity contribution is 0.0951. The Balaban J connectivity index is 1.46. The van der Waals surface area contributed by atoms with Gasteiger partial charge in [0.1, 0.15) is 5.58 Å². The van der Waals surface area contributed by atoms with Gasteiger partial charge in [0.25, 0.3) is 5.91 Å². The van der Waals surface area contributed by atoms with Crippen molar-refractivity contribution in [1.82, 2.24) is 10.6 Å². The predicted octanol–water partition coefficient (Wildman–Crippen LogP) is 1.91. The number of rotatable bonds is 3. The standard InChI is InChI=1S/C15H16N2O2/c18-15(16-8-10-6-9-7-13(9)17-10)12-2-1-3-14-11(12)4-5-19-14/h1-5,9-10,13,17H,6-8H2,(H,16,18)/t9?,10?,13-/m0/s1. The predicted molar refractivity (Wildman–Crippen MR) is 72.0 cm³/mol. The second-order valence-electron chi connectivity index (χ2n) is 5.55. The van der Waals surface area contributed by atoms with E-state index in [1.165, 1.54) is 12.8 Å². The van der Waals surface area contributed by atoms with Crippen LogP contribution in [0.3, 0.4) is 0 Å². The molecule has 0 radical (unpaired) electrons.